The van der Waals surface area contributed by atoms with Gasteiger partial charge >= 0.3 is 0 Å². The number of allylic oxidation sites excluding steroid dienone is 1. The molecule has 104 valence electrons. The van der Waals surface area contributed by atoms with Crippen molar-refractivity contribution in [3.8, 4) is 11.5 Å². The largest absolute Gasteiger partial charge is 0.508 e. The van der Waals surface area contributed by atoms with Crippen LogP contribution in [0.4, 0.5) is 0 Å². The summed E-state index contributed by atoms with van der Waals surface area (Å²) in [6, 6.07) is 18.6. The molecule has 1 aliphatic carbocycles. The highest BCUT2D eigenvalue weighted by Crippen LogP contribution is 2.23. The average Bonchev–Trinajstić information content (AvgIpc) is 2.97. The SMILES string of the molecule is C1=Cc2ccccc2C1.Oc1ccc2cc(O)ccc2c1. The summed E-state index contributed by atoms with van der Waals surface area (Å²) >= 11 is 0. The zero-order valence-electron chi connectivity index (χ0n) is 11.5. The second-order valence-electron chi connectivity index (χ2n) is 5.02. The van der Waals surface area contributed by atoms with E-state index in [4.69, 9.17) is 10.2 Å². The predicted octanol–water partition coefficient (Wildman–Crippen LogP) is 4.51. The molecule has 1 aliphatic rings. The predicted molar refractivity (Wildman–Crippen MR) is 86.5 cm³/mol. The van der Waals surface area contributed by atoms with E-state index in [0.29, 0.717) is 0 Å². The van der Waals surface area contributed by atoms with Gasteiger partial charge in [-0.15, -0.1) is 0 Å². The number of fused-ring (bicyclic) bond motifs is 2. The maximum atomic E-state index is 9.14. The fourth-order valence-electron chi connectivity index (χ4n) is 2.42. The first-order valence-corrected chi connectivity index (χ1v) is 6.88. The number of aromatic hydroxyl groups is 2. The van der Waals surface area contributed by atoms with Gasteiger partial charge in [0.05, 0.1) is 0 Å². The van der Waals surface area contributed by atoms with Crippen molar-refractivity contribution in [1.29, 1.82) is 0 Å². The Labute approximate surface area is 123 Å². The first kappa shape index (κ1) is 13.3. The van der Waals surface area contributed by atoms with Gasteiger partial charge in [0.15, 0.2) is 0 Å². The van der Waals surface area contributed by atoms with E-state index in [9.17, 15) is 0 Å². The van der Waals surface area contributed by atoms with Crippen LogP contribution in [-0.4, -0.2) is 10.2 Å². The molecule has 3 aromatic rings. The summed E-state index contributed by atoms with van der Waals surface area (Å²) in [7, 11) is 0. The van der Waals surface area contributed by atoms with E-state index in [0.717, 1.165) is 17.2 Å². The van der Waals surface area contributed by atoms with Gasteiger partial charge in [-0.1, -0.05) is 48.6 Å². The molecule has 0 unspecified atom stereocenters. The Balaban J connectivity index is 0.000000131. The third kappa shape index (κ3) is 3.06. The van der Waals surface area contributed by atoms with Crippen molar-refractivity contribution in [1.82, 2.24) is 0 Å². The quantitative estimate of drug-likeness (QED) is 0.634. The van der Waals surface area contributed by atoms with Gasteiger partial charge in [-0.25, -0.2) is 0 Å². The Hall–Kier alpha value is -2.74. The van der Waals surface area contributed by atoms with Crippen molar-refractivity contribution in [3.63, 3.8) is 0 Å². The summed E-state index contributed by atoms with van der Waals surface area (Å²) in [6.45, 7) is 0. The second kappa shape index (κ2) is 5.71. The van der Waals surface area contributed by atoms with Crippen LogP contribution >= 0.6 is 0 Å². The van der Waals surface area contributed by atoms with Crippen LogP contribution in [0.5, 0.6) is 11.5 Å². The van der Waals surface area contributed by atoms with E-state index >= 15 is 0 Å². The second-order valence-corrected chi connectivity index (χ2v) is 5.02. The molecule has 21 heavy (non-hydrogen) atoms. The van der Waals surface area contributed by atoms with Gasteiger partial charge in [0.25, 0.3) is 0 Å². The number of benzene rings is 3. The molecule has 0 bridgehead atoms. The lowest BCUT2D eigenvalue weighted by molar-refractivity contribution is 0.474. The molecule has 0 aromatic heterocycles. The molecule has 0 aliphatic heterocycles. The lowest BCUT2D eigenvalue weighted by Gasteiger charge is -1.98. The van der Waals surface area contributed by atoms with Gasteiger partial charge < -0.3 is 10.2 Å². The van der Waals surface area contributed by atoms with E-state index in [1.165, 1.54) is 11.1 Å². The Morgan fingerprint density at radius 3 is 1.95 bits per heavy atom. The fourth-order valence-corrected chi connectivity index (χ4v) is 2.42. The minimum Gasteiger partial charge on any atom is -0.508 e. The molecule has 0 spiro atoms. The first-order chi connectivity index (χ1) is 10.2. The number of hydrogen-bond acceptors (Lipinski definition) is 2. The van der Waals surface area contributed by atoms with E-state index in [2.05, 4.69) is 36.4 Å². The molecule has 3 aromatic carbocycles. The Kier molecular flexibility index (Phi) is 3.61. The summed E-state index contributed by atoms with van der Waals surface area (Å²) in [5.74, 6) is 0.487. The molecule has 2 heteroatoms. The highest BCUT2D eigenvalue weighted by atomic mass is 16.3. The summed E-state index contributed by atoms with van der Waals surface area (Å²) in [5.41, 5.74) is 2.84. The lowest BCUT2D eigenvalue weighted by atomic mass is 10.1. The Morgan fingerprint density at radius 2 is 1.33 bits per heavy atom. The standard InChI is InChI=1S/C10H8O2.C9H8/c11-9-3-1-7-5-10(12)4-2-8(7)6-9;1-2-5-9-7-3-6-8(9)4-1/h1-6,11-12H;1-6H,7H2. The highest BCUT2D eigenvalue weighted by Gasteiger charge is 2.00. The van der Waals surface area contributed by atoms with E-state index in [1.54, 1.807) is 36.4 Å². The van der Waals surface area contributed by atoms with Crippen LogP contribution in [0.2, 0.25) is 0 Å². The molecule has 0 radical (unpaired) electrons. The molecule has 0 heterocycles. The third-order valence-corrected chi connectivity index (χ3v) is 3.50. The zero-order valence-corrected chi connectivity index (χ0v) is 11.5. The molecule has 0 fully saturated rings. The third-order valence-electron chi connectivity index (χ3n) is 3.50. The topological polar surface area (TPSA) is 40.5 Å². The molecule has 0 saturated heterocycles. The smallest absolute Gasteiger partial charge is 0.116 e. The van der Waals surface area contributed by atoms with Crippen LogP contribution < -0.4 is 0 Å². The fraction of sp³-hybridized carbons (Fsp3) is 0.0526. The van der Waals surface area contributed by atoms with Gasteiger partial charge in [-0.3, -0.25) is 0 Å². The van der Waals surface area contributed by atoms with Crippen LogP contribution in [0, 0.1) is 0 Å². The van der Waals surface area contributed by atoms with Crippen molar-refractivity contribution in [2.24, 2.45) is 0 Å². The van der Waals surface area contributed by atoms with Crippen molar-refractivity contribution >= 4 is 16.8 Å². The van der Waals surface area contributed by atoms with Crippen molar-refractivity contribution in [3.05, 3.63) is 77.9 Å². The van der Waals surface area contributed by atoms with Gasteiger partial charge in [-0.2, -0.15) is 0 Å². The van der Waals surface area contributed by atoms with E-state index in [1.807, 2.05) is 0 Å². The maximum absolute atomic E-state index is 9.14. The summed E-state index contributed by atoms with van der Waals surface area (Å²) in [6.07, 6.45) is 5.50. The van der Waals surface area contributed by atoms with Crippen LogP contribution in [-0.2, 0) is 6.42 Å². The molecule has 2 nitrogen and oxygen atoms in total. The van der Waals surface area contributed by atoms with Crippen LogP contribution in [0.1, 0.15) is 11.1 Å². The highest BCUT2D eigenvalue weighted by molar-refractivity contribution is 5.84. The minimum absolute atomic E-state index is 0.244. The van der Waals surface area contributed by atoms with Crippen LogP contribution in [0.15, 0.2) is 66.7 Å². The Bertz CT molecular complexity index is 762. The normalized spacial score (nSPS) is 11.8. The molecule has 4 rings (SSSR count). The summed E-state index contributed by atoms with van der Waals surface area (Å²) in [5, 5.41) is 20.1. The summed E-state index contributed by atoms with van der Waals surface area (Å²) in [4.78, 5) is 0. The molecule has 0 saturated carbocycles. The van der Waals surface area contributed by atoms with Crippen LogP contribution in [0.25, 0.3) is 16.8 Å². The first-order valence-electron chi connectivity index (χ1n) is 6.88. The van der Waals surface area contributed by atoms with Gasteiger partial charge in [0.2, 0.25) is 0 Å². The number of phenolic OH excluding ortho intramolecular Hbond substituents is 2. The molecule has 0 amide bonds. The van der Waals surface area contributed by atoms with Crippen molar-refractivity contribution < 1.29 is 10.2 Å². The summed E-state index contributed by atoms with van der Waals surface area (Å²) < 4.78 is 0. The zero-order chi connectivity index (χ0) is 14.7. The molecule has 2 N–H and O–H groups in total. The minimum atomic E-state index is 0.244. The van der Waals surface area contributed by atoms with Crippen molar-refractivity contribution in [2.45, 2.75) is 6.42 Å². The maximum Gasteiger partial charge on any atom is 0.116 e. The van der Waals surface area contributed by atoms with Crippen LogP contribution in [0.3, 0.4) is 0 Å². The monoisotopic (exact) mass is 276 g/mol. The van der Waals surface area contributed by atoms with Gasteiger partial charge in [-0.05, 0) is 52.6 Å². The van der Waals surface area contributed by atoms with Gasteiger partial charge in [0.1, 0.15) is 11.5 Å². The number of rotatable bonds is 0. The van der Waals surface area contributed by atoms with Gasteiger partial charge in [0, 0.05) is 0 Å². The molecule has 0 atom stereocenters. The average molecular weight is 276 g/mol. The van der Waals surface area contributed by atoms with E-state index in [-0.39, 0.29) is 11.5 Å². The van der Waals surface area contributed by atoms with E-state index < -0.39 is 0 Å². The lowest BCUT2D eigenvalue weighted by Crippen LogP contribution is -1.76. The molecular formula is C19H16O2. The number of phenols is 2. The Morgan fingerprint density at radius 1 is 0.714 bits per heavy atom. The number of hydrogen-bond donors (Lipinski definition) is 2. The van der Waals surface area contributed by atoms with Crippen molar-refractivity contribution in [2.75, 3.05) is 0 Å². The molecular weight excluding hydrogens is 260 g/mol.